The molecule has 0 saturated carbocycles. The van der Waals surface area contributed by atoms with Crippen LogP contribution in [-0.4, -0.2) is 53.9 Å². The number of aliphatic hydroxyl groups excluding tert-OH is 1. The summed E-state index contributed by atoms with van der Waals surface area (Å²) in [6.45, 7) is 16.0. The zero-order valence-electron chi connectivity index (χ0n) is 16.6. The summed E-state index contributed by atoms with van der Waals surface area (Å²) in [4.78, 5) is 14.6. The number of rotatable bonds is 8. The molecule has 0 aromatic carbocycles. The lowest BCUT2D eigenvalue weighted by Crippen LogP contribution is -2.56. The fraction of sp³-hybridized carbons (Fsp3) is 0.947. The van der Waals surface area contributed by atoms with Crippen LogP contribution in [0.5, 0.6) is 0 Å². The van der Waals surface area contributed by atoms with E-state index >= 15 is 0 Å². The average Bonchev–Trinajstić information content (AvgIpc) is 2.50. The summed E-state index contributed by atoms with van der Waals surface area (Å²) in [5, 5.41) is 15.5. The molecule has 142 valence electrons. The Bertz CT molecular complexity index is 394. The van der Waals surface area contributed by atoms with Gasteiger partial charge < -0.3 is 15.7 Å². The first-order valence-corrected chi connectivity index (χ1v) is 9.50. The van der Waals surface area contributed by atoms with Gasteiger partial charge in [0.15, 0.2) is 0 Å². The highest BCUT2D eigenvalue weighted by molar-refractivity contribution is 5.73. The Balaban J connectivity index is 2.39. The van der Waals surface area contributed by atoms with Gasteiger partial charge in [-0.25, -0.2) is 4.79 Å². The number of piperidine rings is 1. The molecule has 1 aliphatic heterocycles. The molecule has 1 rings (SSSR count). The Hall–Kier alpha value is -0.810. The predicted molar refractivity (Wildman–Crippen MR) is 100 cm³/mol. The van der Waals surface area contributed by atoms with Crippen LogP contribution in [-0.2, 0) is 0 Å². The van der Waals surface area contributed by atoms with Gasteiger partial charge in [0.05, 0.1) is 6.10 Å². The zero-order valence-corrected chi connectivity index (χ0v) is 16.6. The van der Waals surface area contributed by atoms with Crippen LogP contribution < -0.4 is 10.6 Å². The summed E-state index contributed by atoms with van der Waals surface area (Å²) in [6, 6.07) is -0.120. The zero-order chi connectivity index (χ0) is 18.4. The molecule has 1 saturated heterocycles. The van der Waals surface area contributed by atoms with Crippen molar-refractivity contribution in [3.8, 4) is 0 Å². The minimum Gasteiger partial charge on any atom is -0.393 e. The fourth-order valence-electron chi connectivity index (χ4n) is 3.61. The summed E-state index contributed by atoms with van der Waals surface area (Å²) in [5.74, 6) is 0.785. The minimum absolute atomic E-state index is 0.0275. The van der Waals surface area contributed by atoms with Crippen LogP contribution in [0.3, 0.4) is 0 Å². The van der Waals surface area contributed by atoms with Crippen molar-refractivity contribution in [3.63, 3.8) is 0 Å². The standard InChI is InChI=1S/C19H39N3O2/c1-7-16-9-8-10-22(12-16)19(5,6)14-21-17(24)20-13-18(3,4)11-15(2)23/h15-16,23H,7-14H2,1-6H3,(H2,20,21,24). The van der Waals surface area contributed by atoms with Gasteiger partial charge in [-0.1, -0.05) is 27.2 Å². The molecule has 1 heterocycles. The van der Waals surface area contributed by atoms with Gasteiger partial charge in [-0.05, 0) is 57.9 Å². The maximum absolute atomic E-state index is 12.1. The minimum atomic E-state index is -0.352. The van der Waals surface area contributed by atoms with Gasteiger partial charge in [0.1, 0.15) is 0 Å². The number of likely N-dealkylation sites (tertiary alicyclic amines) is 1. The van der Waals surface area contributed by atoms with E-state index in [0.717, 1.165) is 19.0 Å². The fourth-order valence-corrected chi connectivity index (χ4v) is 3.61. The smallest absolute Gasteiger partial charge is 0.314 e. The highest BCUT2D eigenvalue weighted by Gasteiger charge is 2.31. The first kappa shape index (κ1) is 21.2. The van der Waals surface area contributed by atoms with E-state index in [4.69, 9.17) is 0 Å². The Morgan fingerprint density at radius 1 is 1.25 bits per heavy atom. The van der Waals surface area contributed by atoms with Crippen molar-refractivity contribution in [1.29, 1.82) is 0 Å². The van der Waals surface area contributed by atoms with Crippen LogP contribution in [0.1, 0.15) is 67.2 Å². The second kappa shape index (κ2) is 9.04. The molecule has 0 spiro atoms. The van der Waals surface area contributed by atoms with Gasteiger partial charge in [0.25, 0.3) is 0 Å². The van der Waals surface area contributed by atoms with E-state index in [1.807, 2.05) is 0 Å². The van der Waals surface area contributed by atoms with E-state index in [0.29, 0.717) is 19.5 Å². The highest BCUT2D eigenvalue weighted by Crippen LogP contribution is 2.25. The monoisotopic (exact) mass is 341 g/mol. The molecule has 5 heteroatoms. The maximum Gasteiger partial charge on any atom is 0.314 e. The maximum atomic E-state index is 12.1. The van der Waals surface area contributed by atoms with Gasteiger partial charge in [-0.2, -0.15) is 0 Å². The van der Waals surface area contributed by atoms with Crippen LogP contribution in [0.4, 0.5) is 4.79 Å². The number of urea groups is 1. The molecular weight excluding hydrogens is 302 g/mol. The van der Waals surface area contributed by atoms with Crippen LogP contribution in [0.25, 0.3) is 0 Å². The average molecular weight is 342 g/mol. The number of aliphatic hydroxyl groups is 1. The first-order chi connectivity index (χ1) is 11.1. The topological polar surface area (TPSA) is 64.6 Å². The lowest BCUT2D eigenvalue weighted by Gasteiger charge is -2.43. The van der Waals surface area contributed by atoms with Crippen LogP contribution >= 0.6 is 0 Å². The van der Waals surface area contributed by atoms with E-state index in [2.05, 4.69) is 50.2 Å². The Morgan fingerprint density at radius 2 is 1.88 bits per heavy atom. The summed E-state index contributed by atoms with van der Waals surface area (Å²) in [7, 11) is 0. The highest BCUT2D eigenvalue weighted by atomic mass is 16.3. The lowest BCUT2D eigenvalue weighted by atomic mass is 9.87. The molecule has 2 atom stereocenters. The molecule has 0 bridgehead atoms. The molecule has 0 aliphatic carbocycles. The second-order valence-electron chi connectivity index (χ2n) is 8.93. The molecule has 0 radical (unpaired) electrons. The summed E-state index contributed by atoms with van der Waals surface area (Å²) in [6.07, 6.45) is 4.13. The molecule has 1 fully saturated rings. The molecule has 3 N–H and O–H groups in total. The number of carbonyl (C=O) groups excluding carboxylic acids is 1. The first-order valence-electron chi connectivity index (χ1n) is 9.50. The number of hydrogen-bond donors (Lipinski definition) is 3. The SMILES string of the molecule is CCC1CCCN(C(C)(C)CNC(=O)NCC(C)(C)CC(C)O)C1. The third-order valence-electron chi connectivity index (χ3n) is 5.21. The molecule has 1 aliphatic rings. The van der Waals surface area contributed by atoms with Gasteiger partial charge in [0.2, 0.25) is 0 Å². The summed E-state index contributed by atoms with van der Waals surface area (Å²) >= 11 is 0. The van der Waals surface area contributed by atoms with Crippen molar-refractivity contribution >= 4 is 6.03 Å². The van der Waals surface area contributed by atoms with E-state index in [1.54, 1.807) is 6.92 Å². The Morgan fingerprint density at radius 3 is 2.46 bits per heavy atom. The number of nitrogens with one attached hydrogen (secondary N) is 2. The van der Waals surface area contributed by atoms with Crippen molar-refractivity contribution in [2.24, 2.45) is 11.3 Å². The number of amides is 2. The molecule has 0 aromatic rings. The largest absolute Gasteiger partial charge is 0.393 e. The summed E-state index contributed by atoms with van der Waals surface area (Å²) in [5.41, 5.74) is -0.136. The van der Waals surface area contributed by atoms with Crippen molar-refractivity contribution in [1.82, 2.24) is 15.5 Å². The Labute approximate surface area is 148 Å². The van der Waals surface area contributed by atoms with Gasteiger partial charge in [0, 0.05) is 25.2 Å². The Kier molecular flexibility index (Phi) is 8.00. The van der Waals surface area contributed by atoms with E-state index in [1.165, 1.54) is 19.3 Å². The molecule has 24 heavy (non-hydrogen) atoms. The van der Waals surface area contributed by atoms with Crippen LogP contribution in [0.15, 0.2) is 0 Å². The number of carbonyl (C=O) groups is 1. The van der Waals surface area contributed by atoms with Gasteiger partial charge in [-0.15, -0.1) is 0 Å². The third-order valence-corrected chi connectivity index (χ3v) is 5.21. The third kappa shape index (κ3) is 7.39. The van der Waals surface area contributed by atoms with Crippen molar-refractivity contribution < 1.29 is 9.90 Å². The van der Waals surface area contributed by atoms with Crippen molar-refractivity contribution in [2.45, 2.75) is 78.9 Å². The van der Waals surface area contributed by atoms with E-state index in [9.17, 15) is 9.90 Å². The van der Waals surface area contributed by atoms with Gasteiger partial charge >= 0.3 is 6.03 Å². The van der Waals surface area contributed by atoms with Crippen LogP contribution in [0, 0.1) is 11.3 Å². The van der Waals surface area contributed by atoms with Gasteiger partial charge in [-0.3, -0.25) is 4.90 Å². The summed E-state index contributed by atoms with van der Waals surface area (Å²) < 4.78 is 0. The molecule has 5 nitrogen and oxygen atoms in total. The lowest BCUT2D eigenvalue weighted by molar-refractivity contribution is 0.0664. The van der Waals surface area contributed by atoms with Crippen molar-refractivity contribution in [3.05, 3.63) is 0 Å². The molecule has 2 amide bonds. The second-order valence-corrected chi connectivity index (χ2v) is 8.93. The molecule has 0 aromatic heterocycles. The van der Waals surface area contributed by atoms with Crippen LogP contribution in [0.2, 0.25) is 0 Å². The van der Waals surface area contributed by atoms with E-state index < -0.39 is 0 Å². The molecule has 2 unspecified atom stereocenters. The van der Waals surface area contributed by atoms with E-state index in [-0.39, 0.29) is 23.1 Å². The quantitative estimate of drug-likeness (QED) is 0.636. The molecular formula is C19H39N3O2. The number of nitrogens with zero attached hydrogens (tertiary/aromatic N) is 1. The van der Waals surface area contributed by atoms with Crippen molar-refractivity contribution in [2.75, 3.05) is 26.2 Å². The predicted octanol–water partition coefficient (Wildman–Crippen LogP) is 2.98. The normalized spacial score (nSPS) is 21.4. The number of hydrogen-bond acceptors (Lipinski definition) is 3.